The minimum absolute atomic E-state index is 0.569. The highest BCUT2D eigenvalue weighted by Crippen LogP contribution is 2.28. The Bertz CT molecular complexity index is 207. The van der Waals surface area contributed by atoms with Crippen LogP contribution in [-0.2, 0) is 4.74 Å². The van der Waals surface area contributed by atoms with Crippen LogP contribution in [0.4, 0.5) is 0 Å². The second kappa shape index (κ2) is 8.16. The summed E-state index contributed by atoms with van der Waals surface area (Å²) < 4.78 is 6.15. The fourth-order valence-electron chi connectivity index (χ4n) is 3.52. The van der Waals surface area contributed by atoms with Gasteiger partial charge >= 0.3 is 0 Å². The van der Waals surface area contributed by atoms with E-state index < -0.39 is 0 Å². The van der Waals surface area contributed by atoms with Gasteiger partial charge in [0.15, 0.2) is 0 Å². The van der Waals surface area contributed by atoms with E-state index in [1.165, 1.54) is 64.2 Å². The van der Waals surface area contributed by atoms with Crippen molar-refractivity contribution in [3.63, 3.8) is 0 Å². The van der Waals surface area contributed by atoms with Gasteiger partial charge in [0.25, 0.3) is 0 Å². The summed E-state index contributed by atoms with van der Waals surface area (Å²) in [6, 6.07) is 0.617. The minimum Gasteiger partial charge on any atom is -0.377 e. The van der Waals surface area contributed by atoms with E-state index in [-0.39, 0.29) is 0 Å². The third-order valence-corrected chi connectivity index (χ3v) is 4.69. The van der Waals surface area contributed by atoms with E-state index >= 15 is 0 Å². The van der Waals surface area contributed by atoms with Gasteiger partial charge in [-0.2, -0.15) is 0 Å². The molecule has 0 aromatic rings. The molecule has 1 unspecified atom stereocenters. The summed E-state index contributed by atoms with van der Waals surface area (Å²) in [5.41, 5.74) is 0. The molecule has 18 heavy (non-hydrogen) atoms. The van der Waals surface area contributed by atoms with Crippen molar-refractivity contribution in [2.75, 3.05) is 13.2 Å². The molecule has 0 saturated heterocycles. The molecular formula is C16H31NO. The molecule has 1 N–H and O–H groups in total. The first-order chi connectivity index (χ1) is 8.90. The van der Waals surface area contributed by atoms with Gasteiger partial charge in [0.05, 0.1) is 12.7 Å². The number of hydrogen-bond donors (Lipinski definition) is 1. The molecule has 1 atom stereocenters. The monoisotopic (exact) mass is 253 g/mol. The van der Waals surface area contributed by atoms with Crippen molar-refractivity contribution in [2.45, 2.75) is 83.3 Å². The lowest BCUT2D eigenvalue weighted by atomic mass is 9.84. The Morgan fingerprint density at radius 3 is 2.33 bits per heavy atom. The van der Waals surface area contributed by atoms with Crippen LogP contribution in [0.2, 0.25) is 0 Å². The van der Waals surface area contributed by atoms with Crippen LogP contribution in [0.5, 0.6) is 0 Å². The lowest BCUT2D eigenvalue weighted by Crippen LogP contribution is -2.42. The topological polar surface area (TPSA) is 21.3 Å². The first-order valence-corrected chi connectivity index (χ1v) is 8.25. The fraction of sp³-hybridized carbons (Fsp3) is 1.00. The van der Waals surface area contributed by atoms with Crippen LogP contribution in [0.3, 0.4) is 0 Å². The van der Waals surface area contributed by atoms with Crippen molar-refractivity contribution in [2.24, 2.45) is 5.92 Å². The van der Waals surface area contributed by atoms with Gasteiger partial charge in [0.1, 0.15) is 0 Å². The van der Waals surface area contributed by atoms with Gasteiger partial charge in [-0.25, -0.2) is 0 Å². The molecule has 2 aliphatic carbocycles. The average molecular weight is 253 g/mol. The van der Waals surface area contributed by atoms with Gasteiger partial charge in [-0.1, -0.05) is 39.0 Å². The lowest BCUT2D eigenvalue weighted by molar-refractivity contribution is 0.0271. The van der Waals surface area contributed by atoms with E-state index in [1.807, 2.05) is 0 Å². The van der Waals surface area contributed by atoms with Crippen molar-refractivity contribution < 1.29 is 4.74 Å². The Hall–Kier alpha value is -0.0800. The Kier molecular flexibility index (Phi) is 6.50. The molecule has 2 rings (SSSR count). The van der Waals surface area contributed by atoms with Gasteiger partial charge in [0, 0.05) is 6.04 Å². The van der Waals surface area contributed by atoms with Gasteiger partial charge in [-0.3, -0.25) is 0 Å². The average Bonchev–Trinajstić information content (AvgIpc) is 2.93. The van der Waals surface area contributed by atoms with Crippen molar-refractivity contribution in [3.8, 4) is 0 Å². The third-order valence-electron chi connectivity index (χ3n) is 4.69. The molecule has 2 heteroatoms. The summed E-state index contributed by atoms with van der Waals surface area (Å²) in [4.78, 5) is 0. The predicted octanol–water partition coefficient (Wildman–Crippen LogP) is 3.89. The van der Waals surface area contributed by atoms with Crippen molar-refractivity contribution >= 4 is 0 Å². The fourth-order valence-corrected chi connectivity index (χ4v) is 3.52. The van der Waals surface area contributed by atoms with Crippen molar-refractivity contribution in [1.29, 1.82) is 0 Å². The molecule has 2 fully saturated rings. The van der Waals surface area contributed by atoms with E-state index in [0.29, 0.717) is 12.1 Å². The summed E-state index contributed by atoms with van der Waals surface area (Å²) in [7, 11) is 0. The zero-order valence-corrected chi connectivity index (χ0v) is 12.1. The Labute approximate surface area is 113 Å². The van der Waals surface area contributed by atoms with E-state index in [0.717, 1.165) is 19.1 Å². The van der Waals surface area contributed by atoms with Crippen molar-refractivity contribution in [1.82, 2.24) is 5.32 Å². The Balaban J connectivity index is 1.75. The first kappa shape index (κ1) is 14.3. The maximum Gasteiger partial charge on any atom is 0.0626 e. The number of rotatable bonds is 7. The first-order valence-electron chi connectivity index (χ1n) is 8.25. The molecule has 2 saturated carbocycles. The highest BCUT2D eigenvalue weighted by Gasteiger charge is 2.25. The van der Waals surface area contributed by atoms with Crippen LogP contribution in [0.15, 0.2) is 0 Å². The summed E-state index contributed by atoms with van der Waals surface area (Å²) in [6.45, 7) is 4.35. The van der Waals surface area contributed by atoms with Crippen molar-refractivity contribution in [3.05, 3.63) is 0 Å². The molecule has 0 heterocycles. The van der Waals surface area contributed by atoms with Crippen LogP contribution in [0.25, 0.3) is 0 Å². The maximum atomic E-state index is 6.15. The SMILES string of the molecule is CCCNC(COC1CCCC1)C1CCCCC1. The molecule has 0 aromatic heterocycles. The van der Waals surface area contributed by atoms with Crippen LogP contribution < -0.4 is 5.32 Å². The summed E-state index contributed by atoms with van der Waals surface area (Å²) >= 11 is 0. The second-order valence-corrected chi connectivity index (χ2v) is 6.20. The van der Waals surface area contributed by atoms with Crippen LogP contribution >= 0.6 is 0 Å². The zero-order valence-electron chi connectivity index (χ0n) is 12.1. The normalized spacial score (nSPS) is 24.5. The quantitative estimate of drug-likeness (QED) is 0.743. The van der Waals surface area contributed by atoms with Crippen LogP contribution in [0, 0.1) is 5.92 Å². The minimum atomic E-state index is 0.569. The second-order valence-electron chi connectivity index (χ2n) is 6.20. The molecule has 0 amide bonds. The number of ether oxygens (including phenoxy) is 1. The van der Waals surface area contributed by atoms with E-state index in [1.54, 1.807) is 0 Å². The van der Waals surface area contributed by atoms with Gasteiger partial charge in [-0.05, 0) is 44.6 Å². The molecule has 0 aromatic carbocycles. The molecule has 0 bridgehead atoms. The van der Waals surface area contributed by atoms with Gasteiger partial charge in [0.2, 0.25) is 0 Å². The smallest absolute Gasteiger partial charge is 0.0626 e. The number of hydrogen-bond acceptors (Lipinski definition) is 2. The molecule has 0 aliphatic heterocycles. The maximum absolute atomic E-state index is 6.15. The van der Waals surface area contributed by atoms with Gasteiger partial charge < -0.3 is 10.1 Å². The molecule has 0 radical (unpaired) electrons. The van der Waals surface area contributed by atoms with Crippen LogP contribution in [-0.4, -0.2) is 25.3 Å². The predicted molar refractivity (Wildman–Crippen MR) is 76.9 cm³/mol. The Morgan fingerprint density at radius 1 is 1.00 bits per heavy atom. The highest BCUT2D eigenvalue weighted by atomic mass is 16.5. The molecule has 2 nitrogen and oxygen atoms in total. The molecule has 0 spiro atoms. The zero-order chi connectivity index (χ0) is 12.6. The molecular weight excluding hydrogens is 222 g/mol. The molecule has 106 valence electrons. The van der Waals surface area contributed by atoms with E-state index in [4.69, 9.17) is 4.74 Å². The lowest BCUT2D eigenvalue weighted by Gasteiger charge is -2.31. The van der Waals surface area contributed by atoms with E-state index in [2.05, 4.69) is 12.2 Å². The Morgan fingerprint density at radius 2 is 1.67 bits per heavy atom. The number of nitrogens with one attached hydrogen (secondary N) is 1. The summed E-state index contributed by atoms with van der Waals surface area (Å²) in [5, 5.41) is 3.74. The van der Waals surface area contributed by atoms with Crippen LogP contribution in [0.1, 0.15) is 71.1 Å². The molecule has 2 aliphatic rings. The van der Waals surface area contributed by atoms with Gasteiger partial charge in [-0.15, -0.1) is 0 Å². The third kappa shape index (κ3) is 4.55. The summed E-state index contributed by atoms with van der Waals surface area (Å²) in [5.74, 6) is 0.867. The summed E-state index contributed by atoms with van der Waals surface area (Å²) in [6.07, 6.45) is 14.3. The highest BCUT2D eigenvalue weighted by molar-refractivity contribution is 4.80. The largest absolute Gasteiger partial charge is 0.377 e. The standard InChI is InChI=1S/C16H31NO/c1-2-12-17-16(14-8-4-3-5-9-14)13-18-15-10-6-7-11-15/h14-17H,2-13H2,1H3. The van der Waals surface area contributed by atoms with E-state index in [9.17, 15) is 0 Å².